The molecular weight excluding hydrogens is 538 g/mol. The average molecular weight is 574 g/mol. The Labute approximate surface area is 238 Å². The molecule has 210 valence electrons. The second-order valence-corrected chi connectivity index (χ2v) is 12.9. The number of ether oxygens (including phenoxy) is 3. The molecule has 4 aliphatic rings. The fourth-order valence-electron chi connectivity index (χ4n) is 6.58. The van der Waals surface area contributed by atoms with Gasteiger partial charge < -0.3 is 24.5 Å². The second kappa shape index (κ2) is 10.7. The summed E-state index contributed by atoms with van der Waals surface area (Å²) in [4.78, 5) is 32.0. The standard InChI is InChI=1S/C29H36ClN3O5S/c1-16-8-24(39-3)21(28(35)32-16)10-31-27(34)20-9-22(30)26-25(17(20)2)38-23(11-37-26)18-4-6-19(7-5-18)33-12-29(13-33)14-36-15-29/h8-9,18-19,23H,4-7,10-15H2,1-3H3,(H,31,34)(H,32,35)/t18?,19?,23-/m1/s1. The van der Waals surface area contributed by atoms with Crippen molar-refractivity contribution in [3.8, 4) is 11.5 Å². The van der Waals surface area contributed by atoms with Gasteiger partial charge in [0, 0.05) is 58.4 Å². The predicted molar refractivity (Wildman–Crippen MR) is 151 cm³/mol. The summed E-state index contributed by atoms with van der Waals surface area (Å²) < 4.78 is 18.1. The third-order valence-corrected chi connectivity index (χ3v) is 9.98. The van der Waals surface area contributed by atoms with Crippen LogP contribution < -0.4 is 20.3 Å². The number of pyridine rings is 1. The number of nitrogens with one attached hydrogen (secondary N) is 2. The zero-order chi connectivity index (χ0) is 27.3. The lowest BCUT2D eigenvalue weighted by Gasteiger charge is -2.58. The number of nitrogens with zero attached hydrogens (tertiary/aromatic N) is 1. The number of likely N-dealkylation sites (tertiary alicyclic amines) is 1. The average Bonchev–Trinajstić information content (AvgIpc) is 2.88. The Morgan fingerprint density at radius 3 is 2.59 bits per heavy atom. The third kappa shape index (κ3) is 5.07. The first-order chi connectivity index (χ1) is 18.8. The van der Waals surface area contributed by atoms with E-state index in [1.165, 1.54) is 37.7 Å². The molecule has 1 saturated carbocycles. The number of halogens is 1. The second-order valence-electron chi connectivity index (χ2n) is 11.6. The van der Waals surface area contributed by atoms with Gasteiger partial charge in [-0.25, -0.2) is 0 Å². The monoisotopic (exact) mass is 573 g/mol. The summed E-state index contributed by atoms with van der Waals surface area (Å²) >= 11 is 8.04. The molecule has 2 saturated heterocycles. The zero-order valence-electron chi connectivity index (χ0n) is 22.7. The molecular formula is C29H36ClN3O5S. The molecule has 1 aromatic heterocycles. The summed E-state index contributed by atoms with van der Waals surface area (Å²) in [5.41, 5.74) is 2.70. The maximum absolute atomic E-state index is 13.2. The van der Waals surface area contributed by atoms with Crippen molar-refractivity contribution in [2.24, 2.45) is 11.3 Å². The number of amides is 1. The number of hydrogen-bond donors (Lipinski definition) is 2. The third-order valence-electron chi connectivity index (χ3n) is 8.90. The van der Waals surface area contributed by atoms with Gasteiger partial charge in [-0.1, -0.05) is 11.6 Å². The van der Waals surface area contributed by atoms with E-state index in [1.807, 2.05) is 26.2 Å². The molecule has 0 radical (unpaired) electrons. The predicted octanol–water partition coefficient (Wildman–Crippen LogP) is 4.33. The molecule has 1 atom stereocenters. The van der Waals surface area contributed by atoms with E-state index < -0.39 is 0 Å². The quantitative estimate of drug-likeness (QED) is 0.497. The molecule has 1 aliphatic carbocycles. The van der Waals surface area contributed by atoms with Crippen molar-refractivity contribution in [3.05, 3.63) is 49.9 Å². The van der Waals surface area contributed by atoms with E-state index >= 15 is 0 Å². The van der Waals surface area contributed by atoms with E-state index in [1.54, 1.807) is 6.07 Å². The van der Waals surface area contributed by atoms with Gasteiger partial charge in [0.2, 0.25) is 0 Å². The van der Waals surface area contributed by atoms with E-state index in [2.05, 4.69) is 15.2 Å². The summed E-state index contributed by atoms with van der Waals surface area (Å²) in [7, 11) is 0. The largest absolute Gasteiger partial charge is 0.484 e. The van der Waals surface area contributed by atoms with Gasteiger partial charge in [-0.05, 0) is 63.8 Å². The molecule has 3 aliphatic heterocycles. The Hall–Kier alpha value is -2.20. The lowest BCUT2D eigenvalue weighted by Crippen LogP contribution is -2.68. The van der Waals surface area contributed by atoms with Crippen LogP contribution >= 0.6 is 23.4 Å². The van der Waals surface area contributed by atoms with E-state index in [4.69, 9.17) is 25.8 Å². The van der Waals surface area contributed by atoms with Gasteiger partial charge in [0.15, 0.2) is 11.5 Å². The van der Waals surface area contributed by atoms with Crippen LogP contribution in [0.25, 0.3) is 0 Å². The van der Waals surface area contributed by atoms with Gasteiger partial charge in [-0.3, -0.25) is 14.5 Å². The SMILES string of the molecule is CSc1cc(C)[nH]c(=O)c1CNC(=O)c1cc(Cl)c2c(c1C)O[C@@H](C1CCC(N3CC4(COC4)C3)CC1)CO2. The van der Waals surface area contributed by atoms with Gasteiger partial charge in [0.1, 0.15) is 12.7 Å². The van der Waals surface area contributed by atoms with Crippen LogP contribution in [-0.2, 0) is 11.3 Å². The molecule has 0 unspecified atom stereocenters. The normalized spacial score (nSPS) is 25.6. The van der Waals surface area contributed by atoms with Crippen molar-refractivity contribution in [2.45, 2.75) is 63.1 Å². The minimum atomic E-state index is -0.306. The van der Waals surface area contributed by atoms with Crippen LogP contribution in [0.5, 0.6) is 11.5 Å². The number of thioether (sulfide) groups is 1. The number of carbonyl (C=O) groups excluding carboxylic acids is 1. The molecule has 1 amide bonds. The summed E-state index contributed by atoms with van der Waals surface area (Å²) in [5.74, 6) is 1.16. The van der Waals surface area contributed by atoms with Crippen molar-refractivity contribution in [3.63, 3.8) is 0 Å². The minimum absolute atomic E-state index is 0.0652. The van der Waals surface area contributed by atoms with Gasteiger partial charge in [-0.2, -0.15) is 0 Å². The minimum Gasteiger partial charge on any atom is -0.484 e. The van der Waals surface area contributed by atoms with Crippen LogP contribution in [0.2, 0.25) is 5.02 Å². The van der Waals surface area contributed by atoms with Crippen LogP contribution in [-0.4, -0.2) is 67.1 Å². The van der Waals surface area contributed by atoms with Crippen LogP contribution in [0.1, 0.15) is 52.9 Å². The number of carbonyl (C=O) groups is 1. The molecule has 2 N–H and O–H groups in total. The number of aromatic amines is 1. The van der Waals surface area contributed by atoms with E-state index in [9.17, 15) is 9.59 Å². The van der Waals surface area contributed by atoms with Crippen LogP contribution in [0.4, 0.5) is 0 Å². The molecule has 1 spiro atoms. The Kier molecular flexibility index (Phi) is 7.37. The summed E-state index contributed by atoms with van der Waals surface area (Å²) in [6.07, 6.45) is 6.40. The Morgan fingerprint density at radius 2 is 1.92 bits per heavy atom. The van der Waals surface area contributed by atoms with Crippen molar-refractivity contribution in [1.29, 1.82) is 0 Å². The highest BCUT2D eigenvalue weighted by molar-refractivity contribution is 7.98. The smallest absolute Gasteiger partial charge is 0.254 e. The van der Waals surface area contributed by atoms with Crippen molar-refractivity contribution in [1.82, 2.24) is 15.2 Å². The van der Waals surface area contributed by atoms with Crippen molar-refractivity contribution < 1.29 is 19.0 Å². The maximum Gasteiger partial charge on any atom is 0.254 e. The maximum atomic E-state index is 13.2. The fraction of sp³-hybridized carbons (Fsp3) is 0.586. The number of H-pyrrole nitrogens is 1. The van der Waals surface area contributed by atoms with E-state index in [0.29, 0.717) is 57.2 Å². The zero-order valence-corrected chi connectivity index (χ0v) is 24.3. The Bertz CT molecular complexity index is 1330. The number of fused-ring (bicyclic) bond motifs is 1. The van der Waals surface area contributed by atoms with Crippen LogP contribution in [0, 0.1) is 25.2 Å². The molecule has 8 nitrogen and oxygen atoms in total. The molecule has 2 aromatic rings. The first-order valence-corrected chi connectivity index (χ1v) is 15.4. The van der Waals surface area contributed by atoms with Crippen LogP contribution in [0.3, 0.4) is 0 Å². The fourth-order valence-corrected chi connectivity index (χ4v) is 7.54. The van der Waals surface area contributed by atoms with E-state index in [0.717, 1.165) is 36.6 Å². The van der Waals surface area contributed by atoms with Crippen LogP contribution in [0.15, 0.2) is 21.8 Å². The number of hydrogen-bond acceptors (Lipinski definition) is 7. The van der Waals surface area contributed by atoms with Gasteiger partial charge in [-0.15, -0.1) is 11.8 Å². The Balaban J connectivity index is 1.11. The van der Waals surface area contributed by atoms with Gasteiger partial charge in [0.05, 0.1) is 18.2 Å². The van der Waals surface area contributed by atoms with Crippen molar-refractivity contribution >= 4 is 29.3 Å². The molecule has 1 aromatic carbocycles. The Morgan fingerprint density at radius 1 is 1.18 bits per heavy atom. The van der Waals surface area contributed by atoms with Gasteiger partial charge >= 0.3 is 0 Å². The lowest BCUT2D eigenvalue weighted by molar-refractivity contribution is -0.201. The highest BCUT2D eigenvalue weighted by atomic mass is 35.5. The highest BCUT2D eigenvalue weighted by Gasteiger charge is 2.51. The summed E-state index contributed by atoms with van der Waals surface area (Å²) in [6, 6.07) is 4.20. The highest BCUT2D eigenvalue weighted by Crippen LogP contribution is 2.46. The first kappa shape index (κ1) is 27.0. The number of aromatic nitrogens is 1. The molecule has 39 heavy (non-hydrogen) atoms. The number of rotatable bonds is 6. The lowest BCUT2D eigenvalue weighted by atomic mass is 9.74. The number of aryl methyl sites for hydroxylation is 1. The molecule has 0 bridgehead atoms. The molecule has 4 heterocycles. The first-order valence-electron chi connectivity index (χ1n) is 13.8. The topological polar surface area (TPSA) is 92.9 Å². The molecule has 10 heteroatoms. The summed E-state index contributed by atoms with van der Waals surface area (Å²) in [5, 5.41) is 3.25. The number of benzene rings is 1. The summed E-state index contributed by atoms with van der Waals surface area (Å²) in [6.45, 7) is 8.50. The van der Waals surface area contributed by atoms with Crippen molar-refractivity contribution in [2.75, 3.05) is 39.2 Å². The van der Waals surface area contributed by atoms with Gasteiger partial charge in [0.25, 0.3) is 11.5 Å². The van der Waals surface area contributed by atoms with E-state index in [-0.39, 0.29) is 24.1 Å². The molecule has 3 fully saturated rings. The molecule has 6 rings (SSSR count).